The second-order valence-corrected chi connectivity index (χ2v) is 4.58. The Labute approximate surface area is 104 Å². The van der Waals surface area contributed by atoms with Crippen LogP contribution in [0.3, 0.4) is 0 Å². The van der Waals surface area contributed by atoms with E-state index in [2.05, 4.69) is 4.74 Å². The Bertz CT molecular complexity index is 281. The molecule has 0 aromatic heterocycles. The van der Waals surface area contributed by atoms with Crippen LogP contribution < -0.4 is 0 Å². The van der Waals surface area contributed by atoms with Gasteiger partial charge in [0.1, 0.15) is 13.2 Å². The van der Waals surface area contributed by atoms with Gasteiger partial charge >= 0.3 is 6.18 Å². The molecule has 2 unspecified atom stereocenters. The predicted molar refractivity (Wildman–Crippen MR) is 57.9 cm³/mol. The number of aliphatic hydroxyl groups is 1. The quantitative estimate of drug-likeness (QED) is 0.819. The van der Waals surface area contributed by atoms with Gasteiger partial charge in [-0.15, -0.1) is 0 Å². The van der Waals surface area contributed by atoms with Crippen molar-refractivity contribution < 1.29 is 27.8 Å². The Morgan fingerprint density at radius 1 is 1.56 bits per heavy atom. The molecule has 7 heteroatoms. The van der Waals surface area contributed by atoms with Crippen LogP contribution in [0.2, 0.25) is 0 Å². The van der Waals surface area contributed by atoms with Crippen LogP contribution in [0.25, 0.3) is 0 Å². The minimum absolute atomic E-state index is 0.0908. The standard InChI is InChI=1S/C11H18F3NO3/c1-8(16)5-9-3-2-4-15(9)10(17)6-18-7-11(12,13)14/h8-9,16H,2-7H2,1H3. The molecule has 0 bridgehead atoms. The second-order valence-electron chi connectivity index (χ2n) is 4.58. The Hall–Kier alpha value is -0.820. The number of halogens is 3. The molecule has 1 saturated heterocycles. The summed E-state index contributed by atoms with van der Waals surface area (Å²) in [7, 11) is 0. The average molecular weight is 269 g/mol. The third-order valence-corrected chi connectivity index (χ3v) is 2.80. The van der Waals surface area contributed by atoms with Crippen LogP contribution in [0, 0.1) is 0 Å². The highest BCUT2D eigenvalue weighted by molar-refractivity contribution is 5.78. The molecular formula is C11H18F3NO3. The molecule has 18 heavy (non-hydrogen) atoms. The molecule has 0 saturated carbocycles. The van der Waals surface area contributed by atoms with E-state index in [1.165, 1.54) is 4.90 Å². The van der Waals surface area contributed by atoms with E-state index < -0.39 is 31.4 Å². The number of hydrogen-bond donors (Lipinski definition) is 1. The number of nitrogens with zero attached hydrogens (tertiary/aromatic N) is 1. The van der Waals surface area contributed by atoms with E-state index >= 15 is 0 Å². The van der Waals surface area contributed by atoms with Crippen molar-refractivity contribution in [2.24, 2.45) is 0 Å². The van der Waals surface area contributed by atoms with Crippen molar-refractivity contribution in [2.75, 3.05) is 19.8 Å². The van der Waals surface area contributed by atoms with Gasteiger partial charge in [0.05, 0.1) is 6.10 Å². The Morgan fingerprint density at radius 3 is 2.78 bits per heavy atom. The van der Waals surface area contributed by atoms with Crippen LogP contribution in [0.1, 0.15) is 26.2 Å². The van der Waals surface area contributed by atoms with Crippen molar-refractivity contribution in [2.45, 2.75) is 44.5 Å². The molecule has 1 aliphatic rings. The largest absolute Gasteiger partial charge is 0.411 e. The number of ether oxygens (including phenoxy) is 1. The van der Waals surface area contributed by atoms with Gasteiger partial charge in [-0.25, -0.2) is 0 Å². The molecule has 0 aromatic rings. The minimum atomic E-state index is -4.41. The maximum absolute atomic E-state index is 11.8. The number of likely N-dealkylation sites (tertiary alicyclic amines) is 1. The summed E-state index contributed by atoms with van der Waals surface area (Å²) in [5.74, 6) is -0.442. The van der Waals surface area contributed by atoms with Gasteiger partial charge in [0.2, 0.25) is 5.91 Å². The van der Waals surface area contributed by atoms with E-state index in [0.29, 0.717) is 13.0 Å². The van der Waals surface area contributed by atoms with Crippen molar-refractivity contribution in [3.05, 3.63) is 0 Å². The number of carbonyl (C=O) groups is 1. The fourth-order valence-electron chi connectivity index (χ4n) is 2.14. The summed E-state index contributed by atoms with van der Waals surface area (Å²) in [5, 5.41) is 9.28. The predicted octanol–water partition coefficient (Wildman–Crippen LogP) is 1.33. The first-order valence-electron chi connectivity index (χ1n) is 5.91. The molecule has 0 aromatic carbocycles. The fraction of sp³-hybridized carbons (Fsp3) is 0.909. The molecule has 1 aliphatic heterocycles. The lowest BCUT2D eigenvalue weighted by Crippen LogP contribution is -2.39. The highest BCUT2D eigenvalue weighted by Crippen LogP contribution is 2.22. The van der Waals surface area contributed by atoms with Crippen molar-refractivity contribution >= 4 is 5.91 Å². The molecule has 1 fully saturated rings. The SMILES string of the molecule is CC(O)CC1CCCN1C(=O)COCC(F)(F)F. The lowest BCUT2D eigenvalue weighted by atomic mass is 10.1. The van der Waals surface area contributed by atoms with Gasteiger partial charge in [-0.1, -0.05) is 0 Å². The van der Waals surface area contributed by atoms with Gasteiger partial charge < -0.3 is 14.7 Å². The molecule has 0 spiro atoms. The van der Waals surface area contributed by atoms with Gasteiger partial charge in [-0.05, 0) is 26.2 Å². The van der Waals surface area contributed by atoms with Crippen LogP contribution in [0.4, 0.5) is 13.2 Å². The van der Waals surface area contributed by atoms with E-state index in [9.17, 15) is 23.1 Å². The summed E-state index contributed by atoms with van der Waals surface area (Å²) in [6.07, 6.45) is -2.91. The molecular weight excluding hydrogens is 251 g/mol. The van der Waals surface area contributed by atoms with Gasteiger partial charge in [0.25, 0.3) is 0 Å². The lowest BCUT2D eigenvalue weighted by Gasteiger charge is -2.25. The lowest BCUT2D eigenvalue weighted by molar-refractivity contribution is -0.178. The van der Waals surface area contributed by atoms with Crippen molar-refractivity contribution in [3.63, 3.8) is 0 Å². The third kappa shape index (κ3) is 5.22. The van der Waals surface area contributed by atoms with E-state index in [4.69, 9.17) is 0 Å². The molecule has 1 N–H and O–H groups in total. The molecule has 1 amide bonds. The first-order chi connectivity index (χ1) is 8.29. The van der Waals surface area contributed by atoms with Crippen LogP contribution in [0.5, 0.6) is 0 Å². The number of aliphatic hydroxyl groups excluding tert-OH is 1. The number of rotatable bonds is 5. The van der Waals surface area contributed by atoms with E-state index in [1.54, 1.807) is 6.92 Å². The number of hydrogen-bond acceptors (Lipinski definition) is 3. The summed E-state index contributed by atoms with van der Waals surface area (Å²) in [5.41, 5.74) is 0. The molecule has 0 aliphatic carbocycles. The molecule has 1 heterocycles. The molecule has 2 atom stereocenters. The van der Waals surface area contributed by atoms with Crippen molar-refractivity contribution in [3.8, 4) is 0 Å². The van der Waals surface area contributed by atoms with Gasteiger partial charge in [-0.2, -0.15) is 13.2 Å². The molecule has 0 radical (unpaired) electrons. The summed E-state index contributed by atoms with van der Waals surface area (Å²) in [4.78, 5) is 13.2. The number of carbonyl (C=O) groups excluding carboxylic acids is 1. The van der Waals surface area contributed by atoms with Gasteiger partial charge in [0.15, 0.2) is 0 Å². The summed E-state index contributed by atoms with van der Waals surface area (Å²) < 4.78 is 39.9. The van der Waals surface area contributed by atoms with Crippen LogP contribution >= 0.6 is 0 Å². The second kappa shape index (κ2) is 6.38. The smallest absolute Gasteiger partial charge is 0.393 e. The molecule has 106 valence electrons. The van der Waals surface area contributed by atoms with E-state index in [0.717, 1.165) is 12.8 Å². The zero-order valence-electron chi connectivity index (χ0n) is 10.2. The van der Waals surface area contributed by atoms with E-state index in [1.807, 2.05) is 0 Å². The van der Waals surface area contributed by atoms with Crippen molar-refractivity contribution in [1.29, 1.82) is 0 Å². The van der Waals surface area contributed by atoms with Gasteiger partial charge in [0, 0.05) is 12.6 Å². The Morgan fingerprint density at radius 2 is 2.22 bits per heavy atom. The first-order valence-corrected chi connectivity index (χ1v) is 5.91. The molecule has 1 rings (SSSR count). The molecule has 4 nitrogen and oxygen atoms in total. The van der Waals surface area contributed by atoms with Gasteiger partial charge in [-0.3, -0.25) is 4.79 Å². The van der Waals surface area contributed by atoms with E-state index in [-0.39, 0.29) is 6.04 Å². The zero-order valence-corrected chi connectivity index (χ0v) is 10.2. The average Bonchev–Trinajstić information content (AvgIpc) is 2.62. The Kier molecular flexibility index (Phi) is 5.40. The number of alkyl halides is 3. The topological polar surface area (TPSA) is 49.8 Å². The normalized spacial score (nSPS) is 22.3. The maximum Gasteiger partial charge on any atom is 0.411 e. The summed E-state index contributed by atoms with van der Waals surface area (Å²) in [6.45, 7) is 0.177. The monoisotopic (exact) mass is 269 g/mol. The highest BCUT2D eigenvalue weighted by atomic mass is 19.4. The summed E-state index contributed by atoms with van der Waals surface area (Å²) >= 11 is 0. The minimum Gasteiger partial charge on any atom is -0.393 e. The first kappa shape index (κ1) is 15.2. The van der Waals surface area contributed by atoms with Crippen LogP contribution in [-0.2, 0) is 9.53 Å². The maximum atomic E-state index is 11.8. The fourth-order valence-corrected chi connectivity index (χ4v) is 2.14. The van der Waals surface area contributed by atoms with Crippen LogP contribution in [-0.4, -0.2) is 54.0 Å². The van der Waals surface area contributed by atoms with Crippen molar-refractivity contribution in [1.82, 2.24) is 4.90 Å². The Balaban J connectivity index is 2.36. The third-order valence-electron chi connectivity index (χ3n) is 2.80. The zero-order chi connectivity index (χ0) is 13.8. The summed E-state index contributed by atoms with van der Waals surface area (Å²) in [6, 6.07) is -0.0908. The number of amides is 1. The van der Waals surface area contributed by atoms with Crippen LogP contribution in [0.15, 0.2) is 0 Å². The highest BCUT2D eigenvalue weighted by Gasteiger charge is 2.31.